The van der Waals surface area contributed by atoms with Crippen LogP contribution in [0, 0.1) is 0 Å². The van der Waals surface area contributed by atoms with Gasteiger partial charge in [0.25, 0.3) is 0 Å². The smallest absolute Gasteiger partial charge is 0.245 e. The molecule has 96 valence electrons. The Morgan fingerprint density at radius 2 is 1.94 bits per heavy atom. The van der Waals surface area contributed by atoms with Gasteiger partial charge in [0, 0.05) is 18.5 Å². The second kappa shape index (κ2) is 5.07. The Morgan fingerprint density at radius 1 is 1.29 bits per heavy atom. The van der Waals surface area contributed by atoms with Crippen LogP contribution in [0.3, 0.4) is 0 Å². The van der Waals surface area contributed by atoms with Crippen LogP contribution in [0.1, 0.15) is 52.4 Å². The van der Waals surface area contributed by atoms with Gasteiger partial charge in [-0.15, -0.1) is 0 Å². The van der Waals surface area contributed by atoms with Crippen molar-refractivity contribution >= 4 is 11.8 Å². The molecule has 0 bridgehead atoms. The molecule has 4 heteroatoms. The Kier molecular flexibility index (Phi) is 3.69. The normalized spacial score (nSPS) is 31.5. The second-order valence-corrected chi connectivity index (χ2v) is 5.27. The third-order valence-electron chi connectivity index (χ3n) is 3.97. The summed E-state index contributed by atoms with van der Waals surface area (Å²) in [5.74, 6) is 0.135. The summed E-state index contributed by atoms with van der Waals surface area (Å²) in [6, 6.07) is 0.0921. The van der Waals surface area contributed by atoms with Crippen molar-refractivity contribution in [1.82, 2.24) is 10.2 Å². The molecular formula is C13H22N2O2. The fourth-order valence-electron chi connectivity index (χ4n) is 3.08. The SMILES string of the molecule is CCC1NC(=O)CC(C)N(C2CCCC2)C1=O. The lowest BCUT2D eigenvalue weighted by Crippen LogP contribution is -2.49. The molecule has 1 N–H and O–H groups in total. The van der Waals surface area contributed by atoms with Crippen LogP contribution in [0.4, 0.5) is 0 Å². The number of amides is 2. The van der Waals surface area contributed by atoms with Gasteiger partial charge in [-0.3, -0.25) is 9.59 Å². The van der Waals surface area contributed by atoms with E-state index in [0.717, 1.165) is 12.8 Å². The van der Waals surface area contributed by atoms with Crippen molar-refractivity contribution in [3.8, 4) is 0 Å². The summed E-state index contributed by atoms with van der Waals surface area (Å²) in [7, 11) is 0. The number of carbonyl (C=O) groups is 2. The van der Waals surface area contributed by atoms with Gasteiger partial charge in [-0.1, -0.05) is 19.8 Å². The van der Waals surface area contributed by atoms with Gasteiger partial charge in [-0.2, -0.15) is 0 Å². The summed E-state index contributed by atoms with van der Waals surface area (Å²) < 4.78 is 0. The Bertz CT molecular complexity index is 311. The van der Waals surface area contributed by atoms with Gasteiger partial charge < -0.3 is 10.2 Å². The molecule has 1 saturated heterocycles. The van der Waals surface area contributed by atoms with Crippen molar-refractivity contribution in [3.05, 3.63) is 0 Å². The zero-order valence-corrected chi connectivity index (χ0v) is 10.7. The zero-order valence-electron chi connectivity index (χ0n) is 10.7. The minimum absolute atomic E-state index is 0.0122. The summed E-state index contributed by atoms with van der Waals surface area (Å²) >= 11 is 0. The van der Waals surface area contributed by atoms with E-state index in [1.54, 1.807) is 0 Å². The molecule has 2 fully saturated rings. The van der Waals surface area contributed by atoms with Gasteiger partial charge in [0.05, 0.1) is 0 Å². The highest BCUT2D eigenvalue weighted by Crippen LogP contribution is 2.28. The average molecular weight is 238 g/mol. The van der Waals surface area contributed by atoms with Gasteiger partial charge >= 0.3 is 0 Å². The molecule has 1 heterocycles. The maximum absolute atomic E-state index is 12.4. The summed E-state index contributed by atoms with van der Waals surface area (Å²) in [6.07, 6.45) is 5.74. The summed E-state index contributed by atoms with van der Waals surface area (Å²) in [5, 5.41) is 2.83. The molecule has 1 saturated carbocycles. The minimum Gasteiger partial charge on any atom is -0.344 e. The molecule has 2 rings (SSSR count). The van der Waals surface area contributed by atoms with Gasteiger partial charge in [0.1, 0.15) is 6.04 Å². The third kappa shape index (κ3) is 2.45. The molecule has 0 aromatic heterocycles. The largest absolute Gasteiger partial charge is 0.344 e. The molecule has 0 radical (unpaired) electrons. The fourth-order valence-corrected chi connectivity index (χ4v) is 3.08. The topological polar surface area (TPSA) is 49.4 Å². The molecule has 0 aromatic carbocycles. The van der Waals surface area contributed by atoms with Crippen molar-refractivity contribution < 1.29 is 9.59 Å². The van der Waals surface area contributed by atoms with Gasteiger partial charge in [0.15, 0.2) is 0 Å². The highest BCUT2D eigenvalue weighted by atomic mass is 16.2. The number of hydrogen-bond acceptors (Lipinski definition) is 2. The van der Waals surface area contributed by atoms with E-state index in [0.29, 0.717) is 18.9 Å². The molecule has 17 heavy (non-hydrogen) atoms. The predicted molar refractivity (Wildman–Crippen MR) is 65.4 cm³/mol. The molecule has 0 aromatic rings. The van der Waals surface area contributed by atoms with E-state index in [1.807, 2.05) is 18.7 Å². The second-order valence-electron chi connectivity index (χ2n) is 5.27. The molecule has 1 aliphatic carbocycles. The van der Waals surface area contributed by atoms with E-state index in [2.05, 4.69) is 5.32 Å². The Morgan fingerprint density at radius 3 is 2.53 bits per heavy atom. The van der Waals surface area contributed by atoms with E-state index in [1.165, 1.54) is 12.8 Å². The number of nitrogens with zero attached hydrogens (tertiary/aromatic N) is 1. The third-order valence-corrected chi connectivity index (χ3v) is 3.97. The predicted octanol–water partition coefficient (Wildman–Crippen LogP) is 1.44. The lowest BCUT2D eigenvalue weighted by molar-refractivity contribution is -0.137. The fraction of sp³-hybridized carbons (Fsp3) is 0.846. The van der Waals surface area contributed by atoms with Gasteiger partial charge in [-0.05, 0) is 26.2 Å². The Balaban J connectivity index is 2.19. The molecule has 1 aliphatic heterocycles. The molecular weight excluding hydrogens is 216 g/mol. The van der Waals surface area contributed by atoms with E-state index in [9.17, 15) is 9.59 Å². The van der Waals surface area contributed by atoms with E-state index in [-0.39, 0.29) is 23.9 Å². The van der Waals surface area contributed by atoms with Crippen LogP contribution in [0.2, 0.25) is 0 Å². The van der Waals surface area contributed by atoms with Crippen LogP contribution in [-0.2, 0) is 9.59 Å². The van der Waals surface area contributed by atoms with Gasteiger partial charge in [0.2, 0.25) is 11.8 Å². The van der Waals surface area contributed by atoms with Crippen LogP contribution in [0.15, 0.2) is 0 Å². The van der Waals surface area contributed by atoms with E-state index in [4.69, 9.17) is 0 Å². The molecule has 0 spiro atoms. The number of rotatable bonds is 2. The van der Waals surface area contributed by atoms with Crippen molar-refractivity contribution in [1.29, 1.82) is 0 Å². The van der Waals surface area contributed by atoms with Gasteiger partial charge in [-0.25, -0.2) is 0 Å². The van der Waals surface area contributed by atoms with Crippen LogP contribution in [0.25, 0.3) is 0 Å². The quantitative estimate of drug-likeness (QED) is 0.791. The first-order chi connectivity index (χ1) is 8.13. The zero-order chi connectivity index (χ0) is 12.4. The molecule has 4 nitrogen and oxygen atoms in total. The first-order valence-corrected chi connectivity index (χ1v) is 6.75. The molecule has 2 aliphatic rings. The standard InChI is InChI=1S/C13H22N2O2/c1-3-11-13(17)15(10-6-4-5-7-10)9(2)8-12(16)14-11/h9-11H,3-8H2,1-2H3,(H,14,16). The maximum atomic E-state index is 12.4. The number of nitrogens with one attached hydrogen (secondary N) is 1. The maximum Gasteiger partial charge on any atom is 0.245 e. The van der Waals surface area contributed by atoms with Crippen LogP contribution in [0.5, 0.6) is 0 Å². The van der Waals surface area contributed by atoms with E-state index >= 15 is 0 Å². The lowest BCUT2D eigenvalue weighted by Gasteiger charge is -2.34. The number of carbonyl (C=O) groups excluding carboxylic acids is 2. The van der Waals surface area contributed by atoms with Crippen LogP contribution < -0.4 is 5.32 Å². The molecule has 2 amide bonds. The monoisotopic (exact) mass is 238 g/mol. The first-order valence-electron chi connectivity index (χ1n) is 6.75. The Hall–Kier alpha value is -1.06. The average Bonchev–Trinajstić information content (AvgIpc) is 2.75. The van der Waals surface area contributed by atoms with E-state index < -0.39 is 0 Å². The van der Waals surface area contributed by atoms with Crippen molar-refractivity contribution in [2.24, 2.45) is 0 Å². The summed E-state index contributed by atoms with van der Waals surface area (Å²) in [4.78, 5) is 26.1. The number of hydrogen-bond donors (Lipinski definition) is 1. The van der Waals surface area contributed by atoms with Crippen molar-refractivity contribution in [2.75, 3.05) is 0 Å². The summed E-state index contributed by atoms with van der Waals surface area (Å²) in [5.41, 5.74) is 0. The molecule has 2 atom stereocenters. The minimum atomic E-state index is -0.312. The highest BCUT2D eigenvalue weighted by Gasteiger charge is 2.37. The first kappa shape index (κ1) is 12.4. The van der Waals surface area contributed by atoms with Crippen molar-refractivity contribution in [2.45, 2.75) is 70.5 Å². The van der Waals surface area contributed by atoms with Crippen molar-refractivity contribution in [3.63, 3.8) is 0 Å². The lowest BCUT2D eigenvalue weighted by atomic mass is 10.1. The molecule has 2 unspecified atom stereocenters. The van der Waals surface area contributed by atoms with Crippen LogP contribution in [-0.4, -0.2) is 34.8 Å². The highest BCUT2D eigenvalue weighted by molar-refractivity contribution is 5.90. The summed E-state index contributed by atoms with van der Waals surface area (Å²) in [6.45, 7) is 3.94. The van der Waals surface area contributed by atoms with Crippen LogP contribution >= 0.6 is 0 Å². The Labute approximate surface area is 103 Å².